The lowest BCUT2D eigenvalue weighted by atomic mass is 10.0. The minimum Gasteiger partial charge on any atom is -0.493 e. The van der Waals surface area contributed by atoms with E-state index < -0.39 is 0 Å². The molecule has 136 valence electrons. The Bertz CT molecular complexity index is 499. The summed E-state index contributed by atoms with van der Waals surface area (Å²) in [6, 6.07) is 3.93. The first-order valence-corrected chi connectivity index (χ1v) is 9.08. The summed E-state index contributed by atoms with van der Waals surface area (Å²) >= 11 is 0. The number of hydrogen-bond donors (Lipinski definition) is 1. The zero-order valence-corrected chi connectivity index (χ0v) is 16.1. The largest absolute Gasteiger partial charge is 0.493 e. The van der Waals surface area contributed by atoms with Crippen molar-refractivity contribution in [3.05, 3.63) is 23.3 Å². The Kier molecular flexibility index (Phi) is 8.66. The van der Waals surface area contributed by atoms with Crippen molar-refractivity contribution in [1.82, 2.24) is 5.32 Å². The number of benzene rings is 1. The molecule has 1 atom stereocenters. The molecule has 4 heteroatoms. The molecule has 0 saturated carbocycles. The highest BCUT2D eigenvalue weighted by atomic mass is 16.5. The van der Waals surface area contributed by atoms with E-state index in [9.17, 15) is 4.79 Å². The van der Waals surface area contributed by atoms with E-state index in [2.05, 4.69) is 19.2 Å². The van der Waals surface area contributed by atoms with Crippen molar-refractivity contribution >= 4 is 5.91 Å². The number of hydrogen-bond acceptors (Lipinski definition) is 3. The second-order valence-electron chi connectivity index (χ2n) is 6.58. The van der Waals surface area contributed by atoms with Crippen molar-refractivity contribution in [3.63, 3.8) is 0 Å². The molecule has 0 fully saturated rings. The molecule has 1 N–H and O–H groups in total. The maximum atomic E-state index is 12.1. The highest BCUT2D eigenvalue weighted by molar-refractivity contribution is 5.76. The van der Waals surface area contributed by atoms with Gasteiger partial charge in [-0.25, -0.2) is 0 Å². The standard InChI is InChI=1S/C20H33NO3/c1-7-23-18-12-17(13-19(15(18)5)24-8-2)16(6)21-20(22)11-9-10-14(3)4/h12-14,16H,7-11H2,1-6H3,(H,21,22)/t16-/m1/s1. The van der Waals surface area contributed by atoms with Crippen LogP contribution in [0.5, 0.6) is 11.5 Å². The second kappa shape index (κ2) is 10.2. The van der Waals surface area contributed by atoms with E-state index in [1.807, 2.05) is 39.8 Å². The summed E-state index contributed by atoms with van der Waals surface area (Å²) in [7, 11) is 0. The van der Waals surface area contributed by atoms with Gasteiger partial charge in [0, 0.05) is 12.0 Å². The lowest BCUT2D eigenvalue weighted by Crippen LogP contribution is -2.26. The molecule has 1 aromatic carbocycles. The number of carbonyl (C=O) groups is 1. The van der Waals surface area contributed by atoms with Crippen LogP contribution >= 0.6 is 0 Å². The van der Waals surface area contributed by atoms with E-state index in [1.54, 1.807) is 0 Å². The fourth-order valence-corrected chi connectivity index (χ4v) is 2.61. The first kappa shape index (κ1) is 20.3. The number of rotatable bonds is 10. The van der Waals surface area contributed by atoms with Gasteiger partial charge >= 0.3 is 0 Å². The molecule has 0 aliphatic heterocycles. The molecular formula is C20H33NO3. The van der Waals surface area contributed by atoms with E-state index in [0.29, 0.717) is 25.6 Å². The van der Waals surface area contributed by atoms with E-state index in [1.165, 1.54) is 0 Å². The summed E-state index contributed by atoms with van der Waals surface area (Å²) < 4.78 is 11.4. The van der Waals surface area contributed by atoms with Crippen LogP contribution in [0.15, 0.2) is 12.1 Å². The van der Waals surface area contributed by atoms with Gasteiger partial charge in [0.2, 0.25) is 5.91 Å². The summed E-state index contributed by atoms with van der Waals surface area (Å²) in [6.07, 6.45) is 2.58. The van der Waals surface area contributed by atoms with Gasteiger partial charge in [0.15, 0.2) is 0 Å². The SMILES string of the molecule is CCOc1cc([C@@H](C)NC(=O)CCCC(C)C)cc(OCC)c1C. The normalized spacial score (nSPS) is 12.1. The van der Waals surface area contributed by atoms with Crippen LogP contribution < -0.4 is 14.8 Å². The van der Waals surface area contributed by atoms with Gasteiger partial charge in [0.05, 0.1) is 19.3 Å². The van der Waals surface area contributed by atoms with Gasteiger partial charge in [0.25, 0.3) is 0 Å². The van der Waals surface area contributed by atoms with Crippen molar-refractivity contribution in [2.45, 2.75) is 66.8 Å². The molecule has 1 rings (SSSR count). The molecule has 0 aliphatic carbocycles. The van der Waals surface area contributed by atoms with Gasteiger partial charge in [-0.3, -0.25) is 4.79 Å². The second-order valence-corrected chi connectivity index (χ2v) is 6.58. The van der Waals surface area contributed by atoms with Crippen LogP contribution in [0.4, 0.5) is 0 Å². The number of carbonyl (C=O) groups excluding carboxylic acids is 1. The fraction of sp³-hybridized carbons (Fsp3) is 0.650. The average molecular weight is 335 g/mol. The molecule has 0 bridgehead atoms. The first-order valence-electron chi connectivity index (χ1n) is 9.08. The zero-order valence-electron chi connectivity index (χ0n) is 16.1. The summed E-state index contributed by atoms with van der Waals surface area (Å²) in [5.41, 5.74) is 2.00. The van der Waals surface area contributed by atoms with Crippen LogP contribution in [0.25, 0.3) is 0 Å². The Morgan fingerprint density at radius 2 is 1.62 bits per heavy atom. The van der Waals surface area contributed by atoms with Gasteiger partial charge in [-0.1, -0.05) is 20.3 Å². The maximum Gasteiger partial charge on any atom is 0.220 e. The molecule has 0 spiro atoms. The lowest BCUT2D eigenvalue weighted by molar-refractivity contribution is -0.121. The molecule has 0 aliphatic rings. The Morgan fingerprint density at radius 3 is 2.08 bits per heavy atom. The fourth-order valence-electron chi connectivity index (χ4n) is 2.61. The molecule has 0 heterocycles. The van der Waals surface area contributed by atoms with Crippen molar-refractivity contribution in [2.24, 2.45) is 5.92 Å². The Hall–Kier alpha value is -1.71. The van der Waals surface area contributed by atoms with Gasteiger partial charge in [-0.05, 0) is 57.7 Å². The summed E-state index contributed by atoms with van der Waals surface area (Å²) in [6.45, 7) is 13.5. The highest BCUT2D eigenvalue weighted by Crippen LogP contribution is 2.32. The van der Waals surface area contributed by atoms with Crippen LogP contribution in [-0.2, 0) is 4.79 Å². The Balaban J connectivity index is 2.81. The van der Waals surface area contributed by atoms with E-state index in [0.717, 1.165) is 35.5 Å². The third kappa shape index (κ3) is 6.42. The van der Waals surface area contributed by atoms with Crippen molar-refractivity contribution < 1.29 is 14.3 Å². The highest BCUT2D eigenvalue weighted by Gasteiger charge is 2.15. The topological polar surface area (TPSA) is 47.6 Å². The first-order chi connectivity index (χ1) is 11.4. The molecule has 24 heavy (non-hydrogen) atoms. The molecular weight excluding hydrogens is 302 g/mol. The quantitative estimate of drug-likeness (QED) is 0.668. The molecule has 0 aromatic heterocycles. The van der Waals surface area contributed by atoms with Crippen molar-refractivity contribution in [2.75, 3.05) is 13.2 Å². The monoisotopic (exact) mass is 335 g/mol. The predicted molar refractivity (Wildman–Crippen MR) is 98.8 cm³/mol. The number of ether oxygens (including phenoxy) is 2. The van der Waals surface area contributed by atoms with Crippen LogP contribution in [0.3, 0.4) is 0 Å². The Morgan fingerprint density at radius 1 is 1.08 bits per heavy atom. The predicted octanol–water partition coefficient (Wildman–Crippen LogP) is 4.80. The third-order valence-electron chi connectivity index (χ3n) is 4.00. The molecule has 0 radical (unpaired) electrons. The molecule has 1 aromatic rings. The van der Waals surface area contributed by atoms with Crippen molar-refractivity contribution in [1.29, 1.82) is 0 Å². The minimum atomic E-state index is -0.0736. The minimum absolute atomic E-state index is 0.0736. The molecule has 0 unspecified atom stereocenters. The molecule has 0 saturated heterocycles. The van der Waals surface area contributed by atoms with Gasteiger partial charge in [-0.2, -0.15) is 0 Å². The molecule has 4 nitrogen and oxygen atoms in total. The third-order valence-corrected chi connectivity index (χ3v) is 4.00. The molecule has 1 amide bonds. The summed E-state index contributed by atoms with van der Waals surface area (Å²) in [5.74, 6) is 2.37. The van der Waals surface area contributed by atoms with Crippen LogP contribution in [-0.4, -0.2) is 19.1 Å². The average Bonchev–Trinajstić information content (AvgIpc) is 2.51. The van der Waals surface area contributed by atoms with E-state index >= 15 is 0 Å². The lowest BCUT2D eigenvalue weighted by Gasteiger charge is -2.19. The van der Waals surface area contributed by atoms with E-state index in [-0.39, 0.29) is 11.9 Å². The zero-order chi connectivity index (χ0) is 18.1. The number of nitrogens with one attached hydrogen (secondary N) is 1. The number of amides is 1. The smallest absolute Gasteiger partial charge is 0.220 e. The van der Waals surface area contributed by atoms with Gasteiger partial charge in [0.1, 0.15) is 11.5 Å². The Labute approximate surface area is 146 Å². The van der Waals surface area contributed by atoms with Crippen LogP contribution in [0.1, 0.15) is 71.0 Å². The summed E-state index contributed by atoms with van der Waals surface area (Å²) in [5, 5.41) is 3.08. The van der Waals surface area contributed by atoms with Crippen LogP contribution in [0, 0.1) is 12.8 Å². The van der Waals surface area contributed by atoms with E-state index in [4.69, 9.17) is 9.47 Å². The van der Waals surface area contributed by atoms with Gasteiger partial charge < -0.3 is 14.8 Å². The van der Waals surface area contributed by atoms with Crippen LogP contribution in [0.2, 0.25) is 0 Å². The maximum absolute atomic E-state index is 12.1. The summed E-state index contributed by atoms with van der Waals surface area (Å²) in [4.78, 5) is 12.1. The van der Waals surface area contributed by atoms with Gasteiger partial charge in [-0.15, -0.1) is 0 Å². The van der Waals surface area contributed by atoms with Crippen molar-refractivity contribution in [3.8, 4) is 11.5 Å².